The van der Waals surface area contributed by atoms with Gasteiger partial charge in [0.15, 0.2) is 0 Å². The van der Waals surface area contributed by atoms with E-state index >= 15 is 0 Å². The van der Waals surface area contributed by atoms with Crippen LogP contribution in [0.2, 0.25) is 0 Å². The van der Waals surface area contributed by atoms with Gasteiger partial charge in [-0.3, -0.25) is 4.79 Å². The van der Waals surface area contributed by atoms with Crippen molar-refractivity contribution in [2.45, 2.75) is 106 Å². The molecule has 0 heterocycles. The molecule has 0 aromatic rings. The number of carbonyl (C=O) groups is 1. The Labute approximate surface area is 197 Å². The highest BCUT2D eigenvalue weighted by Gasteiger charge is 2.68. The van der Waals surface area contributed by atoms with E-state index in [1.54, 1.807) is 0 Å². The minimum Gasteiger partial charge on any atom is -0.481 e. The van der Waals surface area contributed by atoms with Gasteiger partial charge >= 0.3 is 5.97 Å². The lowest BCUT2D eigenvalue weighted by molar-refractivity contribution is -0.209. The predicted octanol–water partition coefficient (Wildman–Crippen LogP) is 7.97. The highest BCUT2D eigenvalue weighted by Crippen LogP contribution is 2.74. The third kappa shape index (κ3) is 2.73. The molecule has 32 heavy (non-hydrogen) atoms. The lowest BCUT2D eigenvalue weighted by atomic mass is 9.35. The molecular weight excluding hydrogens is 392 g/mol. The van der Waals surface area contributed by atoms with Crippen LogP contribution in [0.5, 0.6) is 0 Å². The topological polar surface area (TPSA) is 37.3 Å². The minimum absolute atomic E-state index is 0.322. The number of hydrogen-bond donors (Lipinski definition) is 1. The van der Waals surface area contributed by atoms with Crippen LogP contribution in [0.15, 0.2) is 12.2 Å². The van der Waals surface area contributed by atoms with Gasteiger partial charge in [-0.05, 0) is 129 Å². The zero-order chi connectivity index (χ0) is 23.3. The number of carboxylic acids is 1. The molecular formula is C30H48O2. The fourth-order valence-corrected chi connectivity index (χ4v) is 11.4. The molecule has 5 rings (SSSR count). The van der Waals surface area contributed by atoms with Crippen molar-refractivity contribution in [3.8, 4) is 0 Å². The molecule has 5 saturated carbocycles. The van der Waals surface area contributed by atoms with Crippen LogP contribution in [-0.2, 0) is 4.79 Å². The first-order valence-corrected chi connectivity index (χ1v) is 13.8. The highest BCUT2D eigenvalue weighted by molar-refractivity contribution is 5.76. The van der Waals surface area contributed by atoms with Gasteiger partial charge < -0.3 is 5.11 Å². The minimum atomic E-state index is -0.504. The van der Waals surface area contributed by atoms with Gasteiger partial charge in [0.25, 0.3) is 0 Å². The van der Waals surface area contributed by atoms with E-state index in [2.05, 4.69) is 48.1 Å². The molecule has 0 aliphatic heterocycles. The third-order valence-corrected chi connectivity index (χ3v) is 13.2. The average molecular weight is 441 g/mol. The monoisotopic (exact) mass is 440 g/mol. The second-order valence-corrected chi connectivity index (χ2v) is 14.3. The van der Waals surface area contributed by atoms with E-state index in [1.807, 2.05) is 0 Å². The number of rotatable bonds is 2. The third-order valence-electron chi connectivity index (χ3n) is 13.2. The Morgan fingerprint density at radius 1 is 0.844 bits per heavy atom. The Kier molecular flexibility index (Phi) is 5.10. The molecule has 0 saturated heterocycles. The van der Waals surface area contributed by atoms with E-state index in [0.717, 1.165) is 43.4 Å². The van der Waals surface area contributed by atoms with Crippen molar-refractivity contribution in [1.29, 1.82) is 0 Å². The predicted molar refractivity (Wildman–Crippen MR) is 131 cm³/mol. The summed E-state index contributed by atoms with van der Waals surface area (Å²) in [5, 5.41) is 10.4. The summed E-state index contributed by atoms with van der Waals surface area (Å²) in [7, 11) is 0. The van der Waals surface area contributed by atoms with Crippen molar-refractivity contribution >= 4 is 5.97 Å². The van der Waals surface area contributed by atoms with Gasteiger partial charge in [0.2, 0.25) is 0 Å². The maximum absolute atomic E-state index is 12.7. The summed E-state index contributed by atoms with van der Waals surface area (Å²) in [6.07, 6.45) is 12.1. The molecule has 0 aromatic heterocycles. The van der Waals surface area contributed by atoms with Crippen LogP contribution in [-0.4, -0.2) is 11.1 Å². The second-order valence-electron chi connectivity index (χ2n) is 14.3. The van der Waals surface area contributed by atoms with Gasteiger partial charge in [0.05, 0.1) is 5.41 Å². The van der Waals surface area contributed by atoms with E-state index in [1.165, 1.54) is 44.1 Å². The first-order valence-electron chi connectivity index (χ1n) is 13.8. The van der Waals surface area contributed by atoms with Gasteiger partial charge in [-0.25, -0.2) is 0 Å². The molecule has 2 heteroatoms. The van der Waals surface area contributed by atoms with Gasteiger partial charge in [0, 0.05) is 0 Å². The second kappa shape index (κ2) is 7.11. The van der Waals surface area contributed by atoms with Crippen LogP contribution in [0.25, 0.3) is 0 Å². The first-order chi connectivity index (χ1) is 14.9. The maximum atomic E-state index is 12.7. The van der Waals surface area contributed by atoms with E-state index in [0.29, 0.717) is 39.9 Å². The highest BCUT2D eigenvalue weighted by atomic mass is 16.4. The quantitative estimate of drug-likeness (QED) is 0.442. The lowest BCUT2D eigenvalue weighted by Crippen LogP contribution is -2.62. The number of aliphatic carboxylic acids is 1. The largest absolute Gasteiger partial charge is 0.481 e. The Balaban J connectivity index is 1.52. The van der Waals surface area contributed by atoms with E-state index < -0.39 is 11.4 Å². The van der Waals surface area contributed by atoms with Gasteiger partial charge in [-0.2, -0.15) is 0 Å². The van der Waals surface area contributed by atoms with Crippen LogP contribution in [0.4, 0.5) is 0 Å². The summed E-state index contributed by atoms with van der Waals surface area (Å²) in [6.45, 7) is 19.5. The molecule has 180 valence electrons. The molecule has 2 nitrogen and oxygen atoms in total. The summed E-state index contributed by atoms with van der Waals surface area (Å²) >= 11 is 0. The van der Waals surface area contributed by atoms with Crippen LogP contribution < -0.4 is 0 Å². The molecule has 1 N–H and O–H groups in total. The lowest BCUT2D eigenvalue weighted by Gasteiger charge is -2.69. The van der Waals surface area contributed by atoms with Crippen LogP contribution >= 0.6 is 0 Å². The SMILES string of the molecule is C=C(C)[C@@H]1CC[C@]2(C(=O)O)CCC3C(CCC4[C@@]3(C)CCC3C(C)(C)[C@H](C)CC[C@@]34C)C12. The van der Waals surface area contributed by atoms with Gasteiger partial charge in [0.1, 0.15) is 0 Å². The fourth-order valence-electron chi connectivity index (χ4n) is 11.4. The molecule has 0 amide bonds. The summed E-state index contributed by atoms with van der Waals surface area (Å²) in [4.78, 5) is 12.7. The van der Waals surface area contributed by atoms with Crippen molar-refractivity contribution in [2.75, 3.05) is 0 Å². The van der Waals surface area contributed by atoms with Crippen molar-refractivity contribution < 1.29 is 9.90 Å². The van der Waals surface area contributed by atoms with E-state index in [-0.39, 0.29) is 0 Å². The first kappa shape index (κ1) is 23.0. The summed E-state index contributed by atoms with van der Waals surface area (Å²) in [6, 6.07) is 0. The standard InChI is InChI=1S/C30H48O2/c1-18(2)20-11-16-30(26(31)32)17-12-22-21(25(20)30)8-9-24-28(22,6)15-13-23-27(4,5)19(3)10-14-29(23,24)7/h19-25H,1,8-17H2,2-7H3,(H,31,32)/t19-,20+,21?,22?,23?,24?,25?,28+,29+,30+/m1/s1. The molecule has 0 spiro atoms. The Morgan fingerprint density at radius 2 is 1.50 bits per heavy atom. The number of fused-ring (bicyclic) bond motifs is 7. The fraction of sp³-hybridized carbons (Fsp3) is 0.900. The van der Waals surface area contributed by atoms with Crippen LogP contribution in [0.3, 0.4) is 0 Å². The van der Waals surface area contributed by atoms with Crippen molar-refractivity contribution in [3.05, 3.63) is 12.2 Å². The molecule has 5 aliphatic carbocycles. The number of allylic oxidation sites excluding steroid dienone is 1. The zero-order valence-corrected chi connectivity index (χ0v) is 21.7. The van der Waals surface area contributed by atoms with Gasteiger partial charge in [-0.15, -0.1) is 0 Å². The van der Waals surface area contributed by atoms with Crippen LogP contribution in [0.1, 0.15) is 106 Å². The summed E-state index contributed by atoms with van der Waals surface area (Å²) in [5.41, 5.74) is 2.05. The summed E-state index contributed by atoms with van der Waals surface area (Å²) in [5.74, 6) is 3.99. The van der Waals surface area contributed by atoms with Crippen LogP contribution in [0, 0.1) is 63.1 Å². The molecule has 0 radical (unpaired) electrons. The molecule has 5 unspecified atom stereocenters. The molecule has 0 aromatic carbocycles. The van der Waals surface area contributed by atoms with E-state index in [4.69, 9.17) is 0 Å². The zero-order valence-electron chi connectivity index (χ0n) is 21.7. The van der Waals surface area contributed by atoms with Crippen molar-refractivity contribution in [3.63, 3.8) is 0 Å². The smallest absolute Gasteiger partial charge is 0.309 e. The molecule has 5 fully saturated rings. The number of carboxylic acid groups (broad SMARTS) is 1. The normalized spacial score (nSPS) is 54.0. The average Bonchev–Trinajstić information content (AvgIpc) is 3.12. The van der Waals surface area contributed by atoms with Crippen molar-refractivity contribution in [2.24, 2.45) is 63.1 Å². The van der Waals surface area contributed by atoms with Crippen molar-refractivity contribution in [1.82, 2.24) is 0 Å². The Hall–Kier alpha value is -0.790. The van der Waals surface area contributed by atoms with E-state index in [9.17, 15) is 9.90 Å². The Morgan fingerprint density at radius 3 is 2.16 bits per heavy atom. The summed E-state index contributed by atoms with van der Waals surface area (Å²) < 4.78 is 0. The molecule has 5 aliphatic rings. The Bertz CT molecular complexity index is 812. The molecule has 10 atom stereocenters. The number of hydrogen-bond acceptors (Lipinski definition) is 1. The molecule has 0 bridgehead atoms. The van der Waals surface area contributed by atoms with Gasteiger partial charge in [-0.1, -0.05) is 46.8 Å². The maximum Gasteiger partial charge on any atom is 0.309 e.